The number of benzene rings is 5. The van der Waals surface area contributed by atoms with Crippen LogP contribution in [-0.4, -0.2) is 22.8 Å². The lowest BCUT2D eigenvalue weighted by atomic mass is 9.51. The van der Waals surface area contributed by atoms with Gasteiger partial charge in [-0.25, -0.2) is 15.0 Å². The number of rotatable bonds is 6. The van der Waals surface area contributed by atoms with E-state index in [0.29, 0.717) is 11.6 Å². The Balaban J connectivity index is 1.00. The van der Waals surface area contributed by atoms with Crippen LogP contribution in [-0.2, 0) is 10.8 Å². The van der Waals surface area contributed by atoms with Gasteiger partial charge in [0.15, 0.2) is 17.5 Å². The topological polar surface area (TPSA) is 38.7 Å². The third kappa shape index (κ3) is 6.16. The average Bonchev–Trinajstić information content (AvgIpc) is 3.18. The lowest BCUT2D eigenvalue weighted by molar-refractivity contribution is 0.0874. The van der Waals surface area contributed by atoms with E-state index in [1.165, 1.54) is 71.6 Å². The Bertz CT molecular complexity index is 2290. The molecule has 1 heterocycles. The van der Waals surface area contributed by atoms with Crippen LogP contribution in [0.25, 0.3) is 50.2 Å². The Labute approximate surface area is 303 Å². The summed E-state index contributed by atoms with van der Waals surface area (Å²) in [6, 6.07) is 41.8. The number of hydrogen-bond acceptors (Lipinski definition) is 3. The SMILES string of the molecule is [B]c1ccc(C23CCCC(CC(C)(c4ccc(-c5ccc6cc(-c7nc(C8=CCCC=C8)nc(-c8ccccc8)n7)ccc6c5)cc4)C2)C3)cc1. The first-order chi connectivity index (χ1) is 24.9. The van der Waals surface area contributed by atoms with Gasteiger partial charge in [-0.05, 0) is 100 Å². The molecule has 3 unspecified atom stereocenters. The summed E-state index contributed by atoms with van der Waals surface area (Å²) in [5.41, 5.74) is 9.72. The molecule has 0 spiro atoms. The van der Waals surface area contributed by atoms with Crippen LogP contribution in [0.5, 0.6) is 0 Å². The second-order valence-electron chi connectivity index (χ2n) is 15.5. The van der Waals surface area contributed by atoms with Crippen molar-refractivity contribution in [1.29, 1.82) is 0 Å². The fourth-order valence-electron chi connectivity index (χ4n) is 9.46. The molecule has 3 aliphatic rings. The summed E-state index contributed by atoms with van der Waals surface area (Å²) in [5.74, 6) is 2.88. The van der Waals surface area contributed by atoms with E-state index in [2.05, 4.69) is 122 Å². The molecule has 0 saturated heterocycles. The van der Waals surface area contributed by atoms with Crippen molar-refractivity contribution >= 4 is 29.7 Å². The summed E-state index contributed by atoms with van der Waals surface area (Å²) < 4.78 is 0. The highest BCUT2D eigenvalue weighted by Crippen LogP contribution is 2.57. The zero-order valence-electron chi connectivity index (χ0n) is 29.4. The molecule has 2 saturated carbocycles. The van der Waals surface area contributed by atoms with Gasteiger partial charge in [0.05, 0.1) is 0 Å². The van der Waals surface area contributed by atoms with E-state index < -0.39 is 0 Å². The maximum atomic E-state index is 6.09. The van der Waals surface area contributed by atoms with Crippen LogP contribution in [0.2, 0.25) is 0 Å². The van der Waals surface area contributed by atoms with Crippen molar-refractivity contribution in [3.8, 4) is 33.9 Å². The molecule has 0 N–H and O–H groups in total. The molecule has 6 aromatic rings. The third-order valence-electron chi connectivity index (χ3n) is 11.9. The minimum atomic E-state index is 0.155. The molecule has 2 bridgehead atoms. The van der Waals surface area contributed by atoms with Gasteiger partial charge in [-0.3, -0.25) is 0 Å². The van der Waals surface area contributed by atoms with E-state index in [4.69, 9.17) is 22.8 Å². The lowest BCUT2D eigenvalue weighted by Crippen LogP contribution is -2.46. The van der Waals surface area contributed by atoms with Crippen LogP contribution in [0.3, 0.4) is 0 Å². The number of allylic oxidation sites excluding steroid dienone is 4. The van der Waals surface area contributed by atoms with Gasteiger partial charge < -0.3 is 0 Å². The fraction of sp³-hybridized carbons (Fsp3) is 0.255. The maximum Gasteiger partial charge on any atom is 0.164 e. The fourth-order valence-corrected chi connectivity index (χ4v) is 9.46. The normalized spacial score (nSPS) is 22.8. The highest BCUT2D eigenvalue weighted by Gasteiger charge is 2.49. The van der Waals surface area contributed by atoms with E-state index in [0.717, 1.165) is 46.7 Å². The molecular weight excluding hydrogens is 617 g/mol. The van der Waals surface area contributed by atoms with Gasteiger partial charge in [0.2, 0.25) is 0 Å². The van der Waals surface area contributed by atoms with Crippen molar-refractivity contribution in [2.24, 2.45) is 5.92 Å². The summed E-state index contributed by atoms with van der Waals surface area (Å²) in [6.07, 6.45) is 16.3. The Morgan fingerprint density at radius 1 is 0.627 bits per heavy atom. The van der Waals surface area contributed by atoms with Gasteiger partial charge in [0.1, 0.15) is 7.85 Å². The molecule has 3 nitrogen and oxygen atoms in total. The zero-order valence-corrected chi connectivity index (χ0v) is 29.4. The Morgan fingerprint density at radius 3 is 2.04 bits per heavy atom. The van der Waals surface area contributed by atoms with Crippen molar-refractivity contribution in [2.75, 3.05) is 0 Å². The van der Waals surface area contributed by atoms with E-state index >= 15 is 0 Å². The highest BCUT2D eigenvalue weighted by molar-refractivity contribution is 6.32. The average molecular weight is 660 g/mol. The quantitative estimate of drug-likeness (QED) is 0.167. The van der Waals surface area contributed by atoms with Crippen molar-refractivity contribution in [3.05, 3.63) is 150 Å². The maximum absolute atomic E-state index is 6.09. The van der Waals surface area contributed by atoms with E-state index in [1.807, 2.05) is 18.2 Å². The van der Waals surface area contributed by atoms with Crippen molar-refractivity contribution in [3.63, 3.8) is 0 Å². The molecule has 5 aromatic carbocycles. The van der Waals surface area contributed by atoms with Crippen molar-refractivity contribution < 1.29 is 0 Å². The Hall–Kier alpha value is -5.09. The first kappa shape index (κ1) is 31.9. The van der Waals surface area contributed by atoms with E-state index in [9.17, 15) is 0 Å². The lowest BCUT2D eigenvalue weighted by Gasteiger charge is -2.53. The molecule has 3 aliphatic carbocycles. The molecule has 3 atom stereocenters. The monoisotopic (exact) mass is 659 g/mol. The van der Waals surface area contributed by atoms with Crippen LogP contribution >= 0.6 is 0 Å². The van der Waals surface area contributed by atoms with Gasteiger partial charge >= 0.3 is 0 Å². The van der Waals surface area contributed by atoms with Gasteiger partial charge in [-0.15, -0.1) is 0 Å². The van der Waals surface area contributed by atoms with Gasteiger partial charge in [0, 0.05) is 16.7 Å². The first-order valence-electron chi connectivity index (χ1n) is 18.6. The van der Waals surface area contributed by atoms with Crippen LogP contribution < -0.4 is 5.46 Å². The van der Waals surface area contributed by atoms with Crippen LogP contribution in [0.15, 0.2) is 133 Å². The molecule has 2 fully saturated rings. The smallest absolute Gasteiger partial charge is 0.164 e. The number of aromatic nitrogens is 3. The second kappa shape index (κ2) is 12.9. The zero-order chi connectivity index (χ0) is 34.4. The molecule has 0 aliphatic heterocycles. The van der Waals surface area contributed by atoms with Crippen molar-refractivity contribution in [2.45, 2.75) is 69.1 Å². The summed E-state index contributed by atoms with van der Waals surface area (Å²) in [7, 11) is 6.09. The first-order valence-corrected chi connectivity index (χ1v) is 18.6. The predicted octanol–water partition coefficient (Wildman–Crippen LogP) is 10.7. The minimum Gasteiger partial charge on any atom is -0.208 e. The van der Waals surface area contributed by atoms with Crippen LogP contribution in [0.1, 0.15) is 75.2 Å². The van der Waals surface area contributed by atoms with Crippen LogP contribution in [0, 0.1) is 5.92 Å². The third-order valence-corrected chi connectivity index (χ3v) is 11.9. The summed E-state index contributed by atoms with van der Waals surface area (Å²) in [6.45, 7) is 2.51. The molecule has 9 rings (SSSR count). The predicted molar refractivity (Wildman–Crippen MR) is 212 cm³/mol. The second-order valence-corrected chi connectivity index (χ2v) is 15.5. The highest BCUT2D eigenvalue weighted by atomic mass is 15.0. The summed E-state index contributed by atoms with van der Waals surface area (Å²) in [4.78, 5) is 14.8. The van der Waals surface area contributed by atoms with Gasteiger partial charge in [-0.2, -0.15) is 0 Å². The van der Waals surface area contributed by atoms with Crippen LogP contribution in [0.4, 0.5) is 0 Å². The largest absolute Gasteiger partial charge is 0.208 e. The number of fused-ring (bicyclic) bond motifs is 3. The Morgan fingerprint density at radius 2 is 1.29 bits per heavy atom. The van der Waals surface area contributed by atoms with Gasteiger partial charge in [0.25, 0.3) is 0 Å². The van der Waals surface area contributed by atoms with E-state index in [-0.39, 0.29) is 10.8 Å². The van der Waals surface area contributed by atoms with Crippen molar-refractivity contribution in [1.82, 2.24) is 15.0 Å². The van der Waals surface area contributed by atoms with Gasteiger partial charge in [-0.1, -0.05) is 147 Å². The molecular formula is C47H42BN3. The summed E-state index contributed by atoms with van der Waals surface area (Å²) in [5, 5.41) is 2.37. The molecule has 2 radical (unpaired) electrons. The number of nitrogens with zero attached hydrogens (tertiary/aromatic N) is 3. The molecule has 4 heteroatoms. The molecule has 248 valence electrons. The Kier molecular flexibility index (Phi) is 8.07. The number of hydrogen-bond donors (Lipinski definition) is 0. The molecule has 0 amide bonds. The minimum absolute atomic E-state index is 0.155. The molecule has 51 heavy (non-hydrogen) atoms. The standard InChI is InChI=1S/C47H42BN3/c1-46(29-32-9-8-26-47(30-32,31-46)41-22-24-42(48)25-23-41)40-20-18-33(19-21-40)36-14-15-38-28-39(17-16-37(38)27-36)45-50-43(34-10-4-2-5-11-34)49-44(51-45)35-12-6-3-7-13-35/h2,4-6,10-25,27-28,32H,3,7-9,26,29-31H2,1H3. The summed E-state index contributed by atoms with van der Waals surface area (Å²) >= 11 is 0. The molecule has 1 aromatic heterocycles. The van der Waals surface area contributed by atoms with E-state index in [1.54, 1.807) is 0 Å².